The van der Waals surface area contributed by atoms with E-state index in [2.05, 4.69) is 5.32 Å². The molecule has 0 spiro atoms. The molecule has 0 aromatic heterocycles. The number of carbonyl (C=O) groups is 2. The molecular weight excluding hydrogens is 278 g/mol. The number of nitrogens with two attached hydrogens (primary N) is 1. The molecule has 0 saturated heterocycles. The van der Waals surface area contributed by atoms with E-state index in [1.807, 2.05) is 31.2 Å². The molecule has 2 rings (SSSR count). The van der Waals surface area contributed by atoms with Crippen LogP contribution in [0.3, 0.4) is 0 Å². The highest BCUT2D eigenvalue weighted by molar-refractivity contribution is 5.88. The lowest BCUT2D eigenvalue weighted by Crippen LogP contribution is -2.43. The van der Waals surface area contributed by atoms with Gasteiger partial charge >= 0.3 is 0 Å². The molecule has 2 unspecified atom stereocenters. The summed E-state index contributed by atoms with van der Waals surface area (Å²) in [5.41, 5.74) is 7.92. The van der Waals surface area contributed by atoms with Crippen LogP contribution in [0.15, 0.2) is 36.4 Å². The van der Waals surface area contributed by atoms with Crippen LogP contribution >= 0.6 is 0 Å². The molecule has 2 amide bonds. The Morgan fingerprint density at radius 2 is 1.91 bits per heavy atom. The first-order chi connectivity index (χ1) is 10.5. The van der Waals surface area contributed by atoms with Crippen LogP contribution in [0.1, 0.15) is 31.4 Å². The second-order valence-electron chi connectivity index (χ2n) is 5.63. The van der Waals surface area contributed by atoms with Gasteiger partial charge in [-0.25, -0.2) is 0 Å². The molecule has 1 aliphatic heterocycles. The van der Waals surface area contributed by atoms with Crippen molar-refractivity contribution in [1.82, 2.24) is 10.2 Å². The number of amides is 2. The SMILES string of the molecule is CCC(C=CC(=O)N1Cc2ccccc2C1)NC(=O)C(C)N. The Balaban J connectivity index is 1.92. The summed E-state index contributed by atoms with van der Waals surface area (Å²) in [5.74, 6) is -0.248. The van der Waals surface area contributed by atoms with Gasteiger partial charge in [0.2, 0.25) is 11.8 Å². The minimum Gasteiger partial charge on any atom is -0.349 e. The number of carbonyl (C=O) groups excluding carboxylic acids is 2. The van der Waals surface area contributed by atoms with Crippen LogP contribution in [0.4, 0.5) is 0 Å². The van der Waals surface area contributed by atoms with Gasteiger partial charge in [-0.3, -0.25) is 9.59 Å². The number of nitrogens with one attached hydrogen (secondary N) is 1. The second-order valence-corrected chi connectivity index (χ2v) is 5.63. The van der Waals surface area contributed by atoms with Crippen LogP contribution in [-0.4, -0.2) is 28.8 Å². The lowest BCUT2D eigenvalue weighted by atomic mass is 10.1. The normalized spacial score (nSPS) is 16.4. The second kappa shape index (κ2) is 7.22. The molecule has 5 nitrogen and oxygen atoms in total. The van der Waals surface area contributed by atoms with Crippen molar-refractivity contribution >= 4 is 11.8 Å². The molecule has 22 heavy (non-hydrogen) atoms. The van der Waals surface area contributed by atoms with Gasteiger partial charge in [-0.2, -0.15) is 0 Å². The lowest BCUT2D eigenvalue weighted by molar-refractivity contribution is -0.126. The number of nitrogens with zero attached hydrogens (tertiary/aromatic N) is 1. The van der Waals surface area contributed by atoms with Crippen molar-refractivity contribution in [2.24, 2.45) is 5.73 Å². The van der Waals surface area contributed by atoms with E-state index >= 15 is 0 Å². The van der Waals surface area contributed by atoms with Crippen molar-refractivity contribution in [1.29, 1.82) is 0 Å². The van der Waals surface area contributed by atoms with Gasteiger partial charge in [0, 0.05) is 25.2 Å². The quantitative estimate of drug-likeness (QED) is 0.806. The summed E-state index contributed by atoms with van der Waals surface area (Å²) < 4.78 is 0. The molecule has 1 heterocycles. The van der Waals surface area contributed by atoms with Crippen LogP contribution < -0.4 is 11.1 Å². The minimum atomic E-state index is -0.550. The van der Waals surface area contributed by atoms with E-state index in [0.717, 1.165) is 0 Å². The summed E-state index contributed by atoms with van der Waals surface area (Å²) in [4.78, 5) is 25.6. The summed E-state index contributed by atoms with van der Waals surface area (Å²) in [5, 5.41) is 2.81. The Labute approximate surface area is 131 Å². The highest BCUT2D eigenvalue weighted by atomic mass is 16.2. The van der Waals surface area contributed by atoms with Crippen LogP contribution in [0.2, 0.25) is 0 Å². The molecule has 0 bridgehead atoms. The number of hydrogen-bond acceptors (Lipinski definition) is 3. The van der Waals surface area contributed by atoms with E-state index in [0.29, 0.717) is 19.5 Å². The first-order valence-electron chi connectivity index (χ1n) is 7.61. The number of fused-ring (bicyclic) bond motifs is 1. The zero-order valence-electron chi connectivity index (χ0n) is 13.1. The molecule has 1 aliphatic rings. The van der Waals surface area contributed by atoms with Gasteiger partial charge in [-0.15, -0.1) is 0 Å². The summed E-state index contributed by atoms with van der Waals surface area (Å²) in [6, 6.07) is 7.34. The smallest absolute Gasteiger partial charge is 0.246 e. The fraction of sp³-hybridized carbons (Fsp3) is 0.412. The maximum atomic E-state index is 12.3. The third-order valence-corrected chi connectivity index (χ3v) is 3.80. The van der Waals surface area contributed by atoms with Gasteiger partial charge in [0.1, 0.15) is 0 Å². The van der Waals surface area contributed by atoms with E-state index in [9.17, 15) is 9.59 Å². The van der Waals surface area contributed by atoms with Gasteiger partial charge in [0.15, 0.2) is 0 Å². The predicted octanol–water partition coefficient (Wildman–Crippen LogP) is 1.33. The topological polar surface area (TPSA) is 75.4 Å². The molecule has 118 valence electrons. The zero-order chi connectivity index (χ0) is 16.1. The Hall–Kier alpha value is -2.14. The van der Waals surface area contributed by atoms with Crippen LogP contribution in [0, 0.1) is 0 Å². The Kier molecular flexibility index (Phi) is 5.33. The molecule has 0 aliphatic carbocycles. The van der Waals surface area contributed by atoms with Crippen LogP contribution in [0.25, 0.3) is 0 Å². The maximum Gasteiger partial charge on any atom is 0.246 e. The molecule has 3 N–H and O–H groups in total. The van der Waals surface area contributed by atoms with E-state index in [4.69, 9.17) is 5.73 Å². The van der Waals surface area contributed by atoms with Gasteiger partial charge in [-0.05, 0) is 24.5 Å². The van der Waals surface area contributed by atoms with Crippen molar-refractivity contribution in [3.63, 3.8) is 0 Å². The van der Waals surface area contributed by atoms with Crippen molar-refractivity contribution < 1.29 is 9.59 Å². The van der Waals surface area contributed by atoms with E-state index in [-0.39, 0.29) is 17.9 Å². The standard InChI is InChI=1S/C17H23N3O2/c1-3-15(19-17(22)12(2)18)8-9-16(21)20-10-13-6-4-5-7-14(13)11-20/h4-9,12,15H,3,10-11,18H2,1-2H3,(H,19,22). The largest absolute Gasteiger partial charge is 0.349 e. The third-order valence-electron chi connectivity index (χ3n) is 3.80. The average Bonchev–Trinajstić information content (AvgIpc) is 2.94. The van der Waals surface area contributed by atoms with Crippen molar-refractivity contribution in [2.75, 3.05) is 0 Å². The number of benzene rings is 1. The summed E-state index contributed by atoms with van der Waals surface area (Å²) in [6.07, 6.45) is 4.00. The Morgan fingerprint density at radius 1 is 1.32 bits per heavy atom. The summed E-state index contributed by atoms with van der Waals surface area (Å²) >= 11 is 0. The molecule has 0 saturated carbocycles. The summed E-state index contributed by atoms with van der Waals surface area (Å²) in [6.45, 7) is 4.87. The Bertz CT molecular complexity index is 556. The molecule has 1 aromatic carbocycles. The molecule has 5 heteroatoms. The maximum absolute atomic E-state index is 12.3. The lowest BCUT2D eigenvalue weighted by Gasteiger charge is -2.16. The molecule has 2 atom stereocenters. The fourth-order valence-electron chi connectivity index (χ4n) is 2.39. The van der Waals surface area contributed by atoms with Crippen molar-refractivity contribution in [3.8, 4) is 0 Å². The van der Waals surface area contributed by atoms with E-state index in [1.54, 1.807) is 24.0 Å². The number of rotatable bonds is 5. The van der Waals surface area contributed by atoms with E-state index in [1.165, 1.54) is 11.1 Å². The highest BCUT2D eigenvalue weighted by Crippen LogP contribution is 2.22. The third kappa shape index (κ3) is 3.95. The minimum absolute atomic E-state index is 0.0373. The van der Waals surface area contributed by atoms with Gasteiger partial charge in [0.05, 0.1) is 6.04 Å². The first-order valence-corrected chi connectivity index (χ1v) is 7.61. The van der Waals surface area contributed by atoms with Gasteiger partial charge in [-0.1, -0.05) is 37.3 Å². The zero-order valence-corrected chi connectivity index (χ0v) is 13.1. The van der Waals surface area contributed by atoms with Crippen LogP contribution in [-0.2, 0) is 22.7 Å². The number of hydrogen-bond donors (Lipinski definition) is 2. The first kappa shape index (κ1) is 16.2. The van der Waals surface area contributed by atoms with Gasteiger partial charge in [0.25, 0.3) is 0 Å². The van der Waals surface area contributed by atoms with Crippen LogP contribution in [0.5, 0.6) is 0 Å². The summed E-state index contributed by atoms with van der Waals surface area (Å²) in [7, 11) is 0. The molecule has 0 fully saturated rings. The molecule has 0 radical (unpaired) electrons. The highest BCUT2D eigenvalue weighted by Gasteiger charge is 2.21. The van der Waals surface area contributed by atoms with Gasteiger partial charge < -0.3 is 16.0 Å². The fourth-order valence-corrected chi connectivity index (χ4v) is 2.39. The average molecular weight is 301 g/mol. The van der Waals surface area contributed by atoms with E-state index < -0.39 is 6.04 Å². The molecule has 1 aromatic rings. The molecular formula is C17H23N3O2. The van der Waals surface area contributed by atoms with Crippen molar-refractivity contribution in [2.45, 2.75) is 45.4 Å². The Morgan fingerprint density at radius 3 is 2.41 bits per heavy atom. The monoisotopic (exact) mass is 301 g/mol. The predicted molar refractivity (Wildman–Crippen MR) is 85.7 cm³/mol. The van der Waals surface area contributed by atoms with Crippen molar-refractivity contribution in [3.05, 3.63) is 47.5 Å².